The lowest BCUT2D eigenvalue weighted by molar-refractivity contribution is -0.147. The van der Waals surface area contributed by atoms with Crippen LogP contribution in [-0.2, 0) is 35.0 Å². The Hall–Kier alpha value is -3.60. The van der Waals surface area contributed by atoms with Gasteiger partial charge in [-0.1, -0.05) is 11.6 Å². The number of hydrogen-bond acceptors (Lipinski definition) is 7. The van der Waals surface area contributed by atoms with Crippen LogP contribution in [0.25, 0.3) is 11.2 Å². The number of ether oxygens (including phenoxy) is 2. The molecule has 0 aliphatic heterocycles. The zero-order valence-electron chi connectivity index (χ0n) is 17.3. The summed E-state index contributed by atoms with van der Waals surface area (Å²) in [4.78, 5) is 52.8. The van der Waals surface area contributed by atoms with E-state index in [0.29, 0.717) is 16.5 Å². The Kier molecular flexibility index (Phi) is 6.16. The summed E-state index contributed by atoms with van der Waals surface area (Å²) in [6, 6.07) is 3.20. The van der Waals surface area contributed by atoms with Crippen molar-refractivity contribution in [1.29, 1.82) is 0 Å². The minimum absolute atomic E-state index is 0.0763. The first kappa shape index (κ1) is 22.1. The molecule has 1 amide bonds. The van der Waals surface area contributed by atoms with E-state index in [9.17, 15) is 19.2 Å². The van der Waals surface area contributed by atoms with Crippen LogP contribution >= 0.6 is 11.6 Å². The number of esters is 1. The lowest BCUT2D eigenvalue weighted by atomic mass is 10.2. The molecule has 0 saturated carbocycles. The van der Waals surface area contributed by atoms with Crippen molar-refractivity contribution in [3.05, 3.63) is 49.9 Å². The number of methoxy groups -OCH3 is 1. The zero-order chi connectivity index (χ0) is 22.9. The Bertz CT molecular complexity index is 1310. The number of halogens is 1. The highest BCUT2D eigenvalue weighted by Gasteiger charge is 2.17. The molecule has 0 fully saturated rings. The molecule has 3 rings (SSSR count). The molecule has 0 unspecified atom stereocenters. The van der Waals surface area contributed by atoms with Gasteiger partial charge in [0.15, 0.2) is 17.8 Å². The van der Waals surface area contributed by atoms with Crippen molar-refractivity contribution >= 4 is 40.3 Å². The molecule has 12 heteroatoms. The van der Waals surface area contributed by atoms with E-state index in [4.69, 9.17) is 21.1 Å². The van der Waals surface area contributed by atoms with Gasteiger partial charge in [0.1, 0.15) is 12.3 Å². The van der Waals surface area contributed by atoms with Crippen LogP contribution < -0.4 is 21.3 Å². The van der Waals surface area contributed by atoms with E-state index in [1.807, 2.05) is 0 Å². The van der Waals surface area contributed by atoms with E-state index in [-0.39, 0.29) is 17.7 Å². The highest BCUT2D eigenvalue weighted by atomic mass is 35.5. The van der Waals surface area contributed by atoms with Gasteiger partial charge >= 0.3 is 11.7 Å². The summed E-state index contributed by atoms with van der Waals surface area (Å²) >= 11 is 6.04. The van der Waals surface area contributed by atoms with Crippen molar-refractivity contribution in [1.82, 2.24) is 18.7 Å². The molecule has 164 valence electrons. The second kappa shape index (κ2) is 8.64. The van der Waals surface area contributed by atoms with Crippen molar-refractivity contribution in [2.24, 2.45) is 14.1 Å². The van der Waals surface area contributed by atoms with E-state index in [0.717, 1.165) is 10.1 Å². The standard InChI is InChI=1S/C19H20ClN5O6/c1-10-5-12(13(30-4)6-11(10)20)22-14(26)8-31-15(27)7-25-9-21-17-16(25)18(28)24(3)19(29)23(17)2/h5-6,9H,7-8H2,1-4H3,(H,22,26). The van der Waals surface area contributed by atoms with Crippen LogP contribution in [0.5, 0.6) is 5.75 Å². The lowest BCUT2D eigenvalue weighted by Crippen LogP contribution is -2.37. The number of nitrogens with zero attached hydrogens (tertiary/aromatic N) is 4. The van der Waals surface area contributed by atoms with Gasteiger partial charge in [-0.25, -0.2) is 9.78 Å². The van der Waals surface area contributed by atoms with Crippen molar-refractivity contribution in [3.8, 4) is 5.75 Å². The van der Waals surface area contributed by atoms with Gasteiger partial charge in [0.25, 0.3) is 11.5 Å². The summed E-state index contributed by atoms with van der Waals surface area (Å²) in [5, 5.41) is 3.08. The van der Waals surface area contributed by atoms with E-state index >= 15 is 0 Å². The molecule has 0 aliphatic carbocycles. The first-order valence-corrected chi connectivity index (χ1v) is 9.42. The molecule has 2 heterocycles. The predicted molar refractivity (Wildman–Crippen MR) is 113 cm³/mol. The number of carbonyl (C=O) groups is 2. The number of carbonyl (C=O) groups excluding carboxylic acids is 2. The van der Waals surface area contributed by atoms with Crippen LogP contribution in [0.3, 0.4) is 0 Å². The molecule has 0 atom stereocenters. The summed E-state index contributed by atoms with van der Waals surface area (Å²) in [5.74, 6) is -0.978. The molecule has 2 aromatic heterocycles. The van der Waals surface area contributed by atoms with Gasteiger partial charge in [-0.2, -0.15) is 0 Å². The highest BCUT2D eigenvalue weighted by Crippen LogP contribution is 2.30. The van der Waals surface area contributed by atoms with Gasteiger partial charge in [-0.15, -0.1) is 0 Å². The Morgan fingerprint density at radius 2 is 1.90 bits per heavy atom. The predicted octanol–water partition coefficient (Wildman–Crippen LogP) is 0.586. The fourth-order valence-electron chi connectivity index (χ4n) is 2.96. The average Bonchev–Trinajstić information content (AvgIpc) is 3.15. The highest BCUT2D eigenvalue weighted by molar-refractivity contribution is 6.31. The number of aryl methyl sites for hydroxylation is 2. The van der Waals surface area contributed by atoms with Crippen LogP contribution in [0.1, 0.15) is 5.56 Å². The van der Waals surface area contributed by atoms with Crippen molar-refractivity contribution in [2.45, 2.75) is 13.5 Å². The summed E-state index contributed by atoms with van der Waals surface area (Å²) in [7, 11) is 4.24. The maximum atomic E-state index is 12.4. The number of rotatable bonds is 6. The largest absolute Gasteiger partial charge is 0.495 e. The maximum absolute atomic E-state index is 12.4. The number of anilines is 1. The van der Waals surface area contributed by atoms with Crippen molar-refractivity contribution in [3.63, 3.8) is 0 Å². The summed E-state index contributed by atoms with van der Waals surface area (Å²) in [5.41, 5.74) is 0.214. The Morgan fingerprint density at radius 3 is 2.58 bits per heavy atom. The number of amides is 1. The maximum Gasteiger partial charge on any atom is 0.332 e. The fraction of sp³-hybridized carbons (Fsp3) is 0.316. The van der Waals surface area contributed by atoms with Crippen LogP contribution in [0.15, 0.2) is 28.0 Å². The molecule has 1 N–H and O–H groups in total. The molecule has 11 nitrogen and oxygen atoms in total. The van der Waals surface area contributed by atoms with Gasteiger partial charge < -0.3 is 19.4 Å². The molecule has 0 aliphatic rings. The molecule has 1 aromatic carbocycles. The second-order valence-electron chi connectivity index (χ2n) is 6.76. The number of imidazole rings is 1. The Balaban J connectivity index is 1.69. The number of aromatic nitrogens is 4. The van der Waals surface area contributed by atoms with Crippen LogP contribution in [0.2, 0.25) is 5.02 Å². The molecular weight excluding hydrogens is 430 g/mol. The molecule has 0 radical (unpaired) electrons. The van der Waals surface area contributed by atoms with E-state index in [1.54, 1.807) is 19.1 Å². The minimum Gasteiger partial charge on any atom is -0.495 e. The van der Waals surface area contributed by atoms with Crippen molar-refractivity contribution < 1.29 is 19.1 Å². The molecular formula is C19H20ClN5O6. The number of benzene rings is 1. The van der Waals surface area contributed by atoms with Gasteiger partial charge in [-0.3, -0.25) is 23.5 Å². The summed E-state index contributed by atoms with van der Waals surface area (Å²) in [6.07, 6.45) is 1.26. The molecule has 0 spiro atoms. The monoisotopic (exact) mass is 449 g/mol. The minimum atomic E-state index is -0.760. The zero-order valence-corrected chi connectivity index (χ0v) is 18.0. The number of fused-ring (bicyclic) bond motifs is 1. The van der Waals surface area contributed by atoms with Gasteiger partial charge in [0, 0.05) is 25.2 Å². The molecule has 3 aromatic rings. The number of nitrogens with one attached hydrogen (secondary N) is 1. The normalized spacial score (nSPS) is 10.9. The van der Waals surface area contributed by atoms with Crippen LogP contribution in [-0.4, -0.2) is 44.3 Å². The fourth-order valence-corrected chi connectivity index (χ4v) is 3.12. The first-order chi connectivity index (χ1) is 14.6. The molecule has 0 saturated heterocycles. The summed E-state index contributed by atoms with van der Waals surface area (Å²) in [6.45, 7) is 0.861. The first-order valence-electron chi connectivity index (χ1n) is 9.04. The average molecular weight is 450 g/mol. The SMILES string of the molecule is COc1cc(Cl)c(C)cc1NC(=O)COC(=O)Cn1cnc2c1c(=O)n(C)c(=O)n2C. The lowest BCUT2D eigenvalue weighted by Gasteiger charge is -2.12. The summed E-state index contributed by atoms with van der Waals surface area (Å²) < 4.78 is 13.6. The van der Waals surface area contributed by atoms with Gasteiger partial charge in [0.05, 0.1) is 19.1 Å². The van der Waals surface area contributed by atoms with Gasteiger partial charge in [-0.05, 0) is 18.6 Å². The molecule has 0 bridgehead atoms. The third kappa shape index (κ3) is 4.31. The smallest absolute Gasteiger partial charge is 0.332 e. The van der Waals surface area contributed by atoms with Crippen LogP contribution in [0.4, 0.5) is 5.69 Å². The van der Waals surface area contributed by atoms with Gasteiger partial charge in [0.2, 0.25) is 0 Å². The Morgan fingerprint density at radius 1 is 1.19 bits per heavy atom. The van der Waals surface area contributed by atoms with Crippen LogP contribution in [0, 0.1) is 6.92 Å². The van der Waals surface area contributed by atoms with Crippen molar-refractivity contribution in [2.75, 3.05) is 19.0 Å². The molecule has 31 heavy (non-hydrogen) atoms. The third-order valence-electron chi connectivity index (χ3n) is 4.64. The Labute approximate surface area is 180 Å². The number of hydrogen-bond donors (Lipinski definition) is 1. The topological polar surface area (TPSA) is 126 Å². The van der Waals surface area contributed by atoms with E-state index < -0.39 is 29.7 Å². The third-order valence-corrected chi connectivity index (χ3v) is 5.04. The van der Waals surface area contributed by atoms with E-state index in [2.05, 4.69) is 10.3 Å². The van der Waals surface area contributed by atoms with E-state index in [1.165, 1.54) is 36.7 Å². The second-order valence-corrected chi connectivity index (χ2v) is 7.17. The quantitative estimate of drug-likeness (QED) is 0.545.